The van der Waals surface area contributed by atoms with Crippen LogP contribution in [-0.2, 0) is 4.74 Å². The number of hydrogen-bond donors (Lipinski definition) is 1. The summed E-state index contributed by atoms with van der Waals surface area (Å²) in [6.07, 6.45) is 1.86. The second kappa shape index (κ2) is 6.85. The number of halogens is 1. The zero-order valence-corrected chi connectivity index (χ0v) is 15.0. The van der Waals surface area contributed by atoms with Gasteiger partial charge < -0.3 is 15.0 Å². The third-order valence-corrected chi connectivity index (χ3v) is 3.94. The fraction of sp³-hybridized carbons (Fsp3) is 0.562. The van der Waals surface area contributed by atoms with Crippen molar-refractivity contribution in [2.24, 2.45) is 0 Å². The molecule has 1 atom stereocenters. The lowest BCUT2D eigenvalue weighted by Gasteiger charge is -2.34. The number of amides is 1. The number of nitrogens with zero attached hydrogens (tertiary/aromatic N) is 1. The Morgan fingerprint density at radius 1 is 1.43 bits per heavy atom. The van der Waals surface area contributed by atoms with E-state index >= 15 is 0 Å². The Morgan fingerprint density at radius 3 is 2.86 bits per heavy atom. The van der Waals surface area contributed by atoms with Gasteiger partial charge in [0.25, 0.3) is 0 Å². The summed E-state index contributed by atoms with van der Waals surface area (Å²) in [5.41, 5.74) is 0.672. The molecule has 1 saturated heterocycles. The molecule has 5 heteroatoms. The average molecular weight is 402 g/mol. The van der Waals surface area contributed by atoms with Crippen LogP contribution in [-0.4, -0.2) is 35.7 Å². The van der Waals surface area contributed by atoms with Crippen molar-refractivity contribution in [3.8, 4) is 0 Å². The van der Waals surface area contributed by atoms with Gasteiger partial charge in [-0.15, -0.1) is 0 Å². The number of nitrogens with one attached hydrogen (secondary N) is 1. The summed E-state index contributed by atoms with van der Waals surface area (Å²) in [4.78, 5) is 13.9. The van der Waals surface area contributed by atoms with E-state index in [4.69, 9.17) is 4.74 Å². The summed E-state index contributed by atoms with van der Waals surface area (Å²) in [5, 5.41) is 3.52. The first-order valence-corrected chi connectivity index (χ1v) is 8.41. The molecule has 0 saturated carbocycles. The quantitative estimate of drug-likeness (QED) is 0.758. The number of benzene rings is 1. The molecule has 2 rings (SSSR count). The van der Waals surface area contributed by atoms with Crippen LogP contribution in [0.5, 0.6) is 0 Å². The van der Waals surface area contributed by atoms with E-state index < -0.39 is 5.60 Å². The Morgan fingerprint density at radius 2 is 2.19 bits per heavy atom. The molecule has 1 fully saturated rings. The number of carbonyl (C=O) groups excluding carboxylic acids is 1. The zero-order valence-electron chi connectivity index (χ0n) is 12.9. The fourth-order valence-corrected chi connectivity index (χ4v) is 2.94. The molecule has 1 aliphatic rings. The lowest BCUT2D eigenvalue weighted by atomic mass is 10.1. The summed E-state index contributed by atoms with van der Waals surface area (Å²) in [6, 6.07) is 8.57. The van der Waals surface area contributed by atoms with Gasteiger partial charge in [-0.05, 0) is 74.4 Å². The van der Waals surface area contributed by atoms with Gasteiger partial charge in [-0.25, -0.2) is 4.79 Å². The third kappa shape index (κ3) is 5.37. The van der Waals surface area contributed by atoms with Crippen molar-refractivity contribution in [2.75, 3.05) is 18.4 Å². The summed E-state index contributed by atoms with van der Waals surface area (Å²) < 4.78 is 6.66. The van der Waals surface area contributed by atoms with Crippen LogP contribution < -0.4 is 5.32 Å². The van der Waals surface area contributed by atoms with E-state index in [1.807, 2.05) is 26.8 Å². The van der Waals surface area contributed by atoms with Crippen LogP contribution in [0.2, 0.25) is 0 Å². The molecule has 1 aromatic rings. The van der Waals surface area contributed by atoms with Crippen molar-refractivity contribution in [3.05, 3.63) is 27.8 Å². The molecular formula is C16H23IN2O2. The molecule has 0 radical (unpaired) electrons. The van der Waals surface area contributed by atoms with Gasteiger partial charge in [0, 0.05) is 28.4 Å². The molecule has 0 aromatic heterocycles. The zero-order chi connectivity index (χ0) is 15.5. The molecule has 1 heterocycles. The van der Waals surface area contributed by atoms with Crippen LogP contribution in [0, 0.1) is 3.57 Å². The summed E-state index contributed by atoms with van der Waals surface area (Å²) >= 11 is 2.30. The second-order valence-electron chi connectivity index (χ2n) is 6.42. The van der Waals surface area contributed by atoms with E-state index in [1.54, 1.807) is 4.90 Å². The van der Waals surface area contributed by atoms with Gasteiger partial charge in [-0.3, -0.25) is 0 Å². The SMILES string of the molecule is CC(C)(C)OC(=O)N1CCCC(Nc2cccc(I)c2)C1. The van der Waals surface area contributed by atoms with Crippen molar-refractivity contribution in [2.45, 2.75) is 45.3 Å². The van der Waals surface area contributed by atoms with Crippen LogP contribution in [0.3, 0.4) is 0 Å². The number of ether oxygens (including phenoxy) is 1. The van der Waals surface area contributed by atoms with E-state index in [2.05, 4.69) is 46.1 Å². The average Bonchev–Trinajstić information content (AvgIpc) is 2.37. The minimum Gasteiger partial charge on any atom is -0.444 e. The van der Waals surface area contributed by atoms with Gasteiger partial charge in [0.05, 0.1) is 0 Å². The fourth-order valence-electron chi connectivity index (χ4n) is 2.40. The van der Waals surface area contributed by atoms with E-state index in [1.165, 1.54) is 3.57 Å². The minimum atomic E-state index is -0.438. The van der Waals surface area contributed by atoms with Crippen molar-refractivity contribution in [1.29, 1.82) is 0 Å². The molecule has 0 aliphatic carbocycles. The Bertz CT molecular complexity index is 499. The first-order chi connectivity index (χ1) is 9.83. The van der Waals surface area contributed by atoms with E-state index in [-0.39, 0.29) is 12.1 Å². The molecule has 1 N–H and O–H groups in total. The Balaban J connectivity index is 1.93. The lowest BCUT2D eigenvalue weighted by Crippen LogP contribution is -2.46. The van der Waals surface area contributed by atoms with Crippen LogP contribution in [0.1, 0.15) is 33.6 Å². The number of likely N-dealkylation sites (tertiary alicyclic amines) is 1. The topological polar surface area (TPSA) is 41.6 Å². The predicted molar refractivity (Wildman–Crippen MR) is 93.6 cm³/mol. The minimum absolute atomic E-state index is 0.211. The molecule has 1 unspecified atom stereocenters. The van der Waals surface area contributed by atoms with Crippen molar-refractivity contribution in [3.63, 3.8) is 0 Å². The van der Waals surface area contributed by atoms with Crippen molar-refractivity contribution in [1.82, 2.24) is 4.90 Å². The van der Waals surface area contributed by atoms with Crippen molar-refractivity contribution < 1.29 is 9.53 Å². The smallest absolute Gasteiger partial charge is 0.410 e. The monoisotopic (exact) mass is 402 g/mol. The largest absolute Gasteiger partial charge is 0.444 e. The van der Waals surface area contributed by atoms with Gasteiger partial charge in [-0.1, -0.05) is 6.07 Å². The van der Waals surface area contributed by atoms with Gasteiger partial charge in [-0.2, -0.15) is 0 Å². The normalized spacial score (nSPS) is 19.2. The number of carbonyl (C=O) groups is 1. The van der Waals surface area contributed by atoms with Crippen LogP contribution in [0.25, 0.3) is 0 Å². The Labute approximate surface area is 140 Å². The highest BCUT2D eigenvalue weighted by Gasteiger charge is 2.27. The van der Waals surface area contributed by atoms with Gasteiger partial charge in [0.2, 0.25) is 0 Å². The van der Waals surface area contributed by atoms with Gasteiger partial charge >= 0.3 is 6.09 Å². The maximum Gasteiger partial charge on any atom is 0.410 e. The molecule has 1 amide bonds. The standard InChI is InChI=1S/C16H23IN2O2/c1-16(2,3)21-15(20)19-9-5-8-14(11-19)18-13-7-4-6-12(17)10-13/h4,6-7,10,14,18H,5,8-9,11H2,1-3H3. The molecule has 0 spiro atoms. The summed E-state index contributed by atoms with van der Waals surface area (Å²) in [7, 11) is 0. The predicted octanol–water partition coefficient (Wildman–Crippen LogP) is 4.10. The molecule has 116 valence electrons. The highest BCUT2D eigenvalue weighted by molar-refractivity contribution is 14.1. The maximum atomic E-state index is 12.1. The summed E-state index contributed by atoms with van der Waals surface area (Å²) in [5.74, 6) is 0. The van der Waals surface area contributed by atoms with E-state index in [9.17, 15) is 4.79 Å². The van der Waals surface area contributed by atoms with Gasteiger partial charge in [0.1, 0.15) is 5.60 Å². The van der Waals surface area contributed by atoms with Crippen LogP contribution in [0.15, 0.2) is 24.3 Å². The highest BCUT2D eigenvalue weighted by atomic mass is 127. The van der Waals surface area contributed by atoms with E-state index in [0.717, 1.165) is 25.1 Å². The molecular weight excluding hydrogens is 379 g/mol. The van der Waals surface area contributed by atoms with Crippen LogP contribution >= 0.6 is 22.6 Å². The Kier molecular flexibility index (Phi) is 5.35. The van der Waals surface area contributed by atoms with Gasteiger partial charge in [0.15, 0.2) is 0 Å². The molecule has 0 bridgehead atoms. The van der Waals surface area contributed by atoms with E-state index in [0.29, 0.717) is 6.54 Å². The molecule has 4 nitrogen and oxygen atoms in total. The highest BCUT2D eigenvalue weighted by Crippen LogP contribution is 2.19. The number of piperidine rings is 1. The second-order valence-corrected chi connectivity index (χ2v) is 7.67. The first kappa shape index (κ1) is 16.4. The maximum absolute atomic E-state index is 12.1. The lowest BCUT2D eigenvalue weighted by molar-refractivity contribution is 0.0206. The number of hydrogen-bond acceptors (Lipinski definition) is 3. The molecule has 21 heavy (non-hydrogen) atoms. The first-order valence-electron chi connectivity index (χ1n) is 7.33. The van der Waals surface area contributed by atoms with Crippen molar-refractivity contribution >= 4 is 34.4 Å². The summed E-state index contributed by atoms with van der Waals surface area (Å²) in [6.45, 7) is 7.17. The third-order valence-electron chi connectivity index (χ3n) is 3.27. The number of anilines is 1. The molecule has 1 aromatic carbocycles. The number of rotatable bonds is 2. The Hall–Kier alpha value is -0.980. The molecule has 1 aliphatic heterocycles. The van der Waals surface area contributed by atoms with Crippen LogP contribution in [0.4, 0.5) is 10.5 Å².